The number of rotatable bonds is 3. The van der Waals surface area contributed by atoms with Crippen LogP contribution in [0.2, 0.25) is 0 Å². The molecule has 0 aromatic heterocycles. The third-order valence-corrected chi connectivity index (χ3v) is 3.36. The summed E-state index contributed by atoms with van der Waals surface area (Å²) in [6, 6.07) is 4.93. The van der Waals surface area contributed by atoms with Gasteiger partial charge in [-0.25, -0.2) is 4.79 Å². The molecule has 1 aliphatic rings. The summed E-state index contributed by atoms with van der Waals surface area (Å²) < 4.78 is 0. The van der Waals surface area contributed by atoms with Crippen molar-refractivity contribution in [2.24, 2.45) is 0 Å². The maximum atomic E-state index is 12.1. The van der Waals surface area contributed by atoms with Crippen molar-refractivity contribution in [1.29, 1.82) is 0 Å². The first-order chi connectivity index (χ1) is 9.91. The number of imide groups is 1. The number of nitrogens with one attached hydrogen (secondary N) is 1. The van der Waals surface area contributed by atoms with Crippen LogP contribution in [0.3, 0.4) is 0 Å². The van der Waals surface area contributed by atoms with Crippen LogP contribution < -0.4 is 5.32 Å². The van der Waals surface area contributed by atoms with E-state index in [2.05, 4.69) is 5.32 Å². The number of amides is 3. The van der Waals surface area contributed by atoms with Gasteiger partial charge < -0.3 is 10.4 Å². The Labute approximate surface area is 120 Å². The standard InChI is InChI=1S/C14H14N2O5/c1-16-11(17)7-6-10(13(16)19)15-12(18)8-4-2-3-5-9(8)14(20)21/h2-5,10H,6-7H2,1H3,(H,15,18)(H,20,21). The topological polar surface area (TPSA) is 104 Å². The van der Waals surface area contributed by atoms with Crippen molar-refractivity contribution in [3.05, 3.63) is 35.4 Å². The number of hydrogen-bond acceptors (Lipinski definition) is 4. The van der Waals surface area contributed by atoms with Crippen LogP contribution in [-0.4, -0.2) is 46.8 Å². The first-order valence-corrected chi connectivity index (χ1v) is 6.35. The molecular weight excluding hydrogens is 276 g/mol. The summed E-state index contributed by atoms with van der Waals surface area (Å²) in [6.45, 7) is 0. The van der Waals surface area contributed by atoms with E-state index in [9.17, 15) is 19.2 Å². The van der Waals surface area contributed by atoms with Crippen LogP contribution in [0.5, 0.6) is 0 Å². The predicted octanol–water partition coefficient (Wildman–Crippen LogP) is 0.262. The zero-order valence-corrected chi connectivity index (χ0v) is 11.3. The zero-order chi connectivity index (χ0) is 15.6. The Kier molecular flexibility index (Phi) is 4.02. The molecule has 1 heterocycles. The van der Waals surface area contributed by atoms with E-state index in [1.165, 1.54) is 25.2 Å². The highest BCUT2D eigenvalue weighted by Crippen LogP contribution is 2.14. The number of hydrogen-bond donors (Lipinski definition) is 2. The van der Waals surface area contributed by atoms with Gasteiger partial charge in [0.2, 0.25) is 5.91 Å². The Morgan fingerprint density at radius 1 is 1.24 bits per heavy atom. The molecule has 1 aromatic rings. The lowest BCUT2D eigenvalue weighted by molar-refractivity contribution is -0.147. The first kappa shape index (κ1) is 14.7. The van der Waals surface area contributed by atoms with Crippen LogP contribution in [0.15, 0.2) is 24.3 Å². The molecule has 0 spiro atoms. The summed E-state index contributed by atoms with van der Waals surface area (Å²) in [5.74, 6) is -2.65. The Balaban J connectivity index is 2.17. The number of likely N-dealkylation sites (N-methyl/N-ethyl adjacent to an activating group) is 1. The van der Waals surface area contributed by atoms with Gasteiger partial charge in [0.25, 0.3) is 11.8 Å². The molecule has 7 nitrogen and oxygen atoms in total. The highest BCUT2D eigenvalue weighted by molar-refractivity contribution is 6.07. The number of nitrogens with zero attached hydrogens (tertiary/aromatic N) is 1. The van der Waals surface area contributed by atoms with Crippen LogP contribution in [0.25, 0.3) is 0 Å². The minimum Gasteiger partial charge on any atom is -0.478 e. The van der Waals surface area contributed by atoms with Gasteiger partial charge in [0.05, 0.1) is 11.1 Å². The minimum absolute atomic E-state index is 0.0163. The number of carboxylic acids is 1. The fraction of sp³-hybridized carbons (Fsp3) is 0.286. The van der Waals surface area contributed by atoms with Crippen molar-refractivity contribution in [3.8, 4) is 0 Å². The third-order valence-electron chi connectivity index (χ3n) is 3.36. The Bertz CT molecular complexity index is 626. The van der Waals surface area contributed by atoms with E-state index in [1.807, 2.05) is 0 Å². The quantitative estimate of drug-likeness (QED) is 0.777. The second kappa shape index (κ2) is 5.74. The average molecular weight is 290 g/mol. The monoisotopic (exact) mass is 290 g/mol. The largest absolute Gasteiger partial charge is 0.478 e. The smallest absolute Gasteiger partial charge is 0.336 e. The van der Waals surface area contributed by atoms with E-state index < -0.39 is 23.8 Å². The van der Waals surface area contributed by atoms with Crippen LogP contribution in [0, 0.1) is 0 Å². The molecular formula is C14H14N2O5. The highest BCUT2D eigenvalue weighted by Gasteiger charge is 2.33. The lowest BCUT2D eigenvalue weighted by Crippen LogP contribution is -2.53. The molecule has 0 aliphatic carbocycles. The molecule has 1 unspecified atom stereocenters. The zero-order valence-electron chi connectivity index (χ0n) is 11.3. The van der Waals surface area contributed by atoms with Crippen LogP contribution in [0.1, 0.15) is 33.6 Å². The van der Waals surface area contributed by atoms with E-state index >= 15 is 0 Å². The summed E-state index contributed by atoms with van der Waals surface area (Å²) in [5, 5.41) is 11.5. The average Bonchev–Trinajstić information content (AvgIpc) is 2.47. The molecule has 1 atom stereocenters. The van der Waals surface area contributed by atoms with Gasteiger partial charge in [-0.15, -0.1) is 0 Å². The summed E-state index contributed by atoms with van der Waals surface area (Å²) in [6.07, 6.45) is 0.372. The van der Waals surface area contributed by atoms with Crippen molar-refractivity contribution in [3.63, 3.8) is 0 Å². The molecule has 0 bridgehead atoms. The maximum absolute atomic E-state index is 12.1. The van der Waals surface area contributed by atoms with Crippen LogP contribution in [-0.2, 0) is 9.59 Å². The molecule has 0 saturated carbocycles. The Hall–Kier alpha value is -2.70. The minimum atomic E-state index is -1.22. The summed E-state index contributed by atoms with van der Waals surface area (Å²) in [4.78, 5) is 47.4. The van der Waals surface area contributed by atoms with Gasteiger partial charge in [0.1, 0.15) is 6.04 Å². The first-order valence-electron chi connectivity index (χ1n) is 6.35. The lowest BCUT2D eigenvalue weighted by atomic mass is 10.0. The number of benzene rings is 1. The summed E-state index contributed by atoms with van der Waals surface area (Å²) in [5.41, 5.74) is -0.153. The fourth-order valence-corrected chi connectivity index (χ4v) is 2.15. The van der Waals surface area contributed by atoms with Crippen molar-refractivity contribution >= 4 is 23.7 Å². The number of piperidine rings is 1. The molecule has 0 radical (unpaired) electrons. The Morgan fingerprint density at radius 3 is 2.48 bits per heavy atom. The molecule has 1 saturated heterocycles. The molecule has 3 amide bonds. The third kappa shape index (κ3) is 2.91. The molecule has 1 aromatic carbocycles. The summed E-state index contributed by atoms with van der Waals surface area (Å²) >= 11 is 0. The SMILES string of the molecule is CN1C(=O)CCC(NC(=O)c2ccccc2C(=O)O)C1=O. The highest BCUT2D eigenvalue weighted by atomic mass is 16.4. The van der Waals surface area contributed by atoms with Gasteiger partial charge in [-0.1, -0.05) is 12.1 Å². The van der Waals surface area contributed by atoms with E-state index in [0.29, 0.717) is 0 Å². The number of carbonyl (C=O) groups is 4. The number of likely N-dealkylation sites (tertiary alicyclic amines) is 1. The van der Waals surface area contributed by atoms with E-state index in [4.69, 9.17) is 5.11 Å². The van der Waals surface area contributed by atoms with E-state index in [-0.39, 0.29) is 29.9 Å². The predicted molar refractivity (Wildman–Crippen MR) is 71.7 cm³/mol. The van der Waals surface area contributed by atoms with Crippen LogP contribution in [0.4, 0.5) is 0 Å². The number of carboxylic acid groups (broad SMARTS) is 1. The number of aromatic carboxylic acids is 1. The molecule has 7 heteroatoms. The second-order valence-electron chi connectivity index (χ2n) is 4.71. The van der Waals surface area contributed by atoms with Crippen LogP contribution >= 0.6 is 0 Å². The van der Waals surface area contributed by atoms with Crippen molar-refractivity contribution in [1.82, 2.24) is 10.2 Å². The van der Waals surface area contributed by atoms with E-state index in [1.54, 1.807) is 6.07 Å². The number of carbonyl (C=O) groups excluding carboxylic acids is 3. The summed E-state index contributed by atoms with van der Waals surface area (Å²) in [7, 11) is 1.36. The molecule has 110 valence electrons. The normalized spacial score (nSPS) is 18.5. The molecule has 2 N–H and O–H groups in total. The van der Waals surface area contributed by atoms with Gasteiger partial charge in [-0.3, -0.25) is 19.3 Å². The molecule has 1 fully saturated rings. The van der Waals surface area contributed by atoms with Crippen molar-refractivity contribution in [2.75, 3.05) is 7.05 Å². The van der Waals surface area contributed by atoms with Crippen molar-refractivity contribution in [2.45, 2.75) is 18.9 Å². The van der Waals surface area contributed by atoms with Gasteiger partial charge in [-0.2, -0.15) is 0 Å². The second-order valence-corrected chi connectivity index (χ2v) is 4.71. The molecule has 21 heavy (non-hydrogen) atoms. The maximum Gasteiger partial charge on any atom is 0.336 e. The van der Waals surface area contributed by atoms with Crippen molar-refractivity contribution < 1.29 is 24.3 Å². The molecule has 1 aliphatic heterocycles. The Morgan fingerprint density at radius 2 is 1.86 bits per heavy atom. The van der Waals surface area contributed by atoms with Gasteiger partial charge in [-0.05, 0) is 18.6 Å². The fourth-order valence-electron chi connectivity index (χ4n) is 2.15. The van der Waals surface area contributed by atoms with Gasteiger partial charge in [0.15, 0.2) is 0 Å². The van der Waals surface area contributed by atoms with Gasteiger partial charge in [0, 0.05) is 13.5 Å². The molecule has 2 rings (SSSR count). The van der Waals surface area contributed by atoms with Gasteiger partial charge >= 0.3 is 5.97 Å². The lowest BCUT2D eigenvalue weighted by Gasteiger charge is -2.28. The van der Waals surface area contributed by atoms with E-state index in [0.717, 1.165) is 4.90 Å².